The molecule has 1 aliphatic rings. The highest BCUT2D eigenvalue weighted by molar-refractivity contribution is 6.03. The van der Waals surface area contributed by atoms with Crippen molar-refractivity contribution in [3.8, 4) is 0 Å². The molecule has 2 aromatic carbocycles. The molecule has 2 heterocycles. The number of anilines is 1. The first-order valence-corrected chi connectivity index (χ1v) is 11.5. The van der Waals surface area contributed by atoms with E-state index in [-0.39, 0.29) is 18.3 Å². The van der Waals surface area contributed by atoms with Crippen LogP contribution in [0, 0.1) is 0 Å². The van der Waals surface area contributed by atoms with Gasteiger partial charge in [0.15, 0.2) is 5.82 Å². The Morgan fingerprint density at radius 3 is 2.58 bits per heavy atom. The number of amides is 2. The summed E-state index contributed by atoms with van der Waals surface area (Å²) in [6.45, 7) is 6.49. The first-order chi connectivity index (χ1) is 16.9. The molecule has 0 radical (unpaired) electrons. The van der Waals surface area contributed by atoms with Crippen LogP contribution in [0.25, 0.3) is 0 Å². The predicted octanol–water partition coefficient (Wildman–Crippen LogP) is 5.50. The molecule has 7 nitrogen and oxygen atoms in total. The number of imidazole rings is 1. The number of benzene rings is 2. The zero-order valence-corrected chi connectivity index (χ0v) is 20.2. The molecule has 3 aromatic rings. The van der Waals surface area contributed by atoms with Crippen LogP contribution in [-0.2, 0) is 30.4 Å². The average Bonchev–Trinajstić information content (AvgIpc) is 3.23. The fourth-order valence-electron chi connectivity index (χ4n) is 3.94. The third-order valence-electron chi connectivity index (χ3n) is 5.63. The Hall–Kier alpha value is -3.82. The number of hydrogen-bond donors (Lipinski definition) is 1. The van der Waals surface area contributed by atoms with Crippen molar-refractivity contribution in [3.63, 3.8) is 0 Å². The smallest absolute Gasteiger partial charge is 0.416 e. The van der Waals surface area contributed by atoms with E-state index >= 15 is 0 Å². The van der Waals surface area contributed by atoms with E-state index in [0.717, 1.165) is 23.3 Å². The third-order valence-corrected chi connectivity index (χ3v) is 5.63. The summed E-state index contributed by atoms with van der Waals surface area (Å²) in [5.41, 5.74) is 1.50. The SMILES string of the molecule is CC(C)(C)OC(=O)N1CCc2ccc(C(=O)Nc3cn(Cc4cccc(C(F)(F)F)c4)cn3)cc2C1. The molecule has 0 saturated carbocycles. The van der Waals surface area contributed by atoms with Crippen molar-refractivity contribution in [2.24, 2.45) is 0 Å². The van der Waals surface area contributed by atoms with Crippen molar-refractivity contribution in [1.29, 1.82) is 0 Å². The highest BCUT2D eigenvalue weighted by Gasteiger charge is 2.30. The number of carbonyl (C=O) groups excluding carboxylic acids is 2. The van der Waals surface area contributed by atoms with Gasteiger partial charge in [0.25, 0.3) is 5.91 Å². The van der Waals surface area contributed by atoms with Crippen molar-refractivity contribution in [1.82, 2.24) is 14.5 Å². The Kier molecular flexibility index (Phi) is 6.79. The van der Waals surface area contributed by atoms with Crippen molar-refractivity contribution in [3.05, 3.63) is 82.8 Å². The number of carbonyl (C=O) groups is 2. The molecule has 2 amide bonds. The lowest BCUT2D eigenvalue weighted by Crippen LogP contribution is -2.40. The van der Waals surface area contributed by atoms with Gasteiger partial charge in [0.1, 0.15) is 5.60 Å². The summed E-state index contributed by atoms with van der Waals surface area (Å²) < 4.78 is 45.9. The number of alkyl halides is 3. The minimum Gasteiger partial charge on any atom is -0.444 e. The molecule has 36 heavy (non-hydrogen) atoms. The van der Waals surface area contributed by atoms with Crippen LogP contribution < -0.4 is 5.32 Å². The topological polar surface area (TPSA) is 76.5 Å². The lowest BCUT2D eigenvalue weighted by Gasteiger charge is -2.31. The quantitative estimate of drug-likeness (QED) is 0.514. The molecular formula is C26H27F3N4O3. The number of aromatic nitrogens is 2. The molecule has 0 bridgehead atoms. The van der Waals surface area contributed by atoms with Crippen LogP contribution in [-0.4, -0.2) is 38.6 Å². The van der Waals surface area contributed by atoms with E-state index in [4.69, 9.17) is 4.74 Å². The zero-order valence-electron chi connectivity index (χ0n) is 20.2. The van der Waals surface area contributed by atoms with E-state index in [1.54, 1.807) is 33.9 Å². The number of ether oxygens (including phenoxy) is 1. The Bertz CT molecular complexity index is 1280. The first kappa shape index (κ1) is 25.3. The number of hydrogen-bond acceptors (Lipinski definition) is 4. The van der Waals surface area contributed by atoms with Gasteiger partial charge in [-0.15, -0.1) is 0 Å². The lowest BCUT2D eigenvalue weighted by atomic mass is 9.97. The van der Waals surface area contributed by atoms with Crippen molar-refractivity contribution in [2.75, 3.05) is 11.9 Å². The largest absolute Gasteiger partial charge is 0.444 e. The van der Waals surface area contributed by atoms with Gasteiger partial charge in [-0.2, -0.15) is 13.2 Å². The maximum absolute atomic E-state index is 13.0. The molecule has 190 valence electrons. The molecule has 1 aromatic heterocycles. The van der Waals surface area contributed by atoms with Crippen molar-refractivity contribution >= 4 is 17.8 Å². The molecule has 0 spiro atoms. The third kappa shape index (κ3) is 6.24. The van der Waals surface area contributed by atoms with Crippen LogP contribution in [0.2, 0.25) is 0 Å². The molecule has 1 aliphatic heterocycles. The summed E-state index contributed by atoms with van der Waals surface area (Å²) in [6.07, 6.45) is -1.14. The van der Waals surface area contributed by atoms with Gasteiger partial charge in [-0.1, -0.05) is 18.2 Å². The predicted molar refractivity (Wildman–Crippen MR) is 128 cm³/mol. The highest BCUT2D eigenvalue weighted by Crippen LogP contribution is 2.30. The van der Waals surface area contributed by atoms with Gasteiger partial charge in [0.2, 0.25) is 0 Å². The summed E-state index contributed by atoms with van der Waals surface area (Å²) in [7, 11) is 0. The van der Waals surface area contributed by atoms with Gasteiger partial charge in [-0.3, -0.25) is 4.79 Å². The van der Waals surface area contributed by atoms with Crippen LogP contribution in [0.5, 0.6) is 0 Å². The molecule has 4 rings (SSSR count). The molecule has 0 unspecified atom stereocenters. The average molecular weight is 501 g/mol. The van der Waals surface area contributed by atoms with Crippen LogP contribution in [0.4, 0.5) is 23.8 Å². The van der Waals surface area contributed by atoms with Crippen molar-refractivity contribution < 1.29 is 27.5 Å². The lowest BCUT2D eigenvalue weighted by molar-refractivity contribution is -0.137. The second-order valence-electron chi connectivity index (χ2n) is 9.72. The van der Waals surface area contributed by atoms with E-state index in [9.17, 15) is 22.8 Å². The summed E-state index contributed by atoms with van der Waals surface area (Å²) in [5.74, 6) is -0.100. The van der Waals surface area contributed by atoms with E-state index in [1.807, 2.05) is 26.8 Å². The Morgan fingerprint density at radius 2 is 1.86 bits per heavy atom. The van der Waals surface area contributed by atoms with Gasteiger partial charge < -0.3 is 19.5 Å². The van der Waals surface area contributed by atoms with Gasteiger partial charge in [0, 0.05) is 31.4 Å². The summed E-state index contributed by atoms with van der Waals surface area (Å²) in [5, 5.41) is 2.72. The summed E-state index contributed by atoms with van der Waals surface area (Å²) >= 11 is 0. The fourth-order valence-corrected chi connectivity index (χ4v) is 3.94. The number of rotatable bonds is 4. The number of fused-ring (bicyclic) bond motifs is 1. The maximum Gasteiger partial charge on any atom is 0.416 e. The monoisotopic (exact) mass is 500 g/mol. The maximum atomic E-state index is 13.0. The van der Waals surface area contributed by atoms with Crippen LogP contribution >= 0.6 is 0 Å². The Labute approximate surface area is 206 Å². The van der Waals surface area contributed by atoms with Crippen molar-refractivity contribution in [2.45, 2.75) is 52.1 Å². The van der Waals surface area contributed by atoms with Gasteiger partial charge in [0.05, 0.1) is 11.9 Å². The molecule has 0 saturated heterocycles. The zero-order chi connectivity index (χ0) is 26.1. The first-order valence-electron chi connectivity index (χ1n) is 11.5. The molecule has 0 fully saturated rings. The van der Waals surface area contributed by atoms with E-state index in [2.05, 4.69) is 10.3 Å². The normalized spacial score (nSPS) is 13.8. The summed E-state index contributed by atoms with van der Waals surface area (Å²) in [4.78, 5) is 31.0. The second kappa shape index (κ2) is 9.67. The minimum absolute atomic E-state index is 0.173. The van der Waals surface area contributed by atoms with Gasteiger partial charge >= 0.3 is 12.3 Å². The van der Waals surface area contributed by atoms with E-state index in [1.165, 1.54) is 12.4 Å². The van der Waals surface area contributed by atoms with Crippen LogP contribution in [0.3, 0.4) is 0 Å². The Balaban J connectivity index is 1.41. The molecule has 0 atom stereocenters. The second-order valence-corrected chi connectivity index (χ2v) is 9.72. The van der Waals surface area contributed by atoms with Crippen LogP contribution in [0.1, 0.15) is 53.4 Å². The molecule has 0 aliphatic carbocycles. The highest BCUT2D eigenvalue weighted by atomic mass is 19.4. The summed E-state index contributed by atoms with van der Waals surface area (Å²) in [6, 6.07) is 10.4. The van der Waals surface area contributed by atoms with Gasteiger partial charge in [-0.25, -0.2) is 9.78 Å². The van der Waals surface area contributed by atoms with E-state index in [0.29, 0.717) is 30.6 Å². The molecule has 10 heteroatoms. The molecule has 1 N–H and O–H groups in total. The Morgan fingerprint density at radius 1 is 1.08 bits per heavy atom. The minimum atomic E-state index is -4.41. The van der Waals surface area contributed by atoms with E-state index < -0.39 is 23.4 Å². The standard InChI is InChI=1S/C26H27F3N4O3/c1-25(2,3)36-24(35)33-10-9-18-7-8-19(12-20(18)14-33)23(34)31-22-15-32(16-30-22)13-17-5-4-6-21(11-17)26(27,28)29/h4-8,11-12,15-16H,9-10,13-14H2,1-3H3,(H,31,34). The fraction of sp³-hybridized carbons (Fsp3) is 0.346. The molecular weight excluding hydrogens is 473 g/mol. The van der Waals surface area contributed by atoms with Crippen LogP contribution in [0.15, 0.2) is 55.0 Å². The number of nitrogens with zero attached hydrogens (tertiary/aromatic N) is 3. The number of nitrogens with one attached hydrogen (secondary N) is 1. The van der Waals surface area contributed by atoms with Gasteiger partial charge in [-0.05, 0) is 68.1 Å². The number of halogens is 3.